The maximum atomic E-state index is 10.5. The molecule has 0 radical (unpaired) electrons. The van der Waals surface area contributed by atoms with Crippen molar-refractivity contribution in [3.8, 4) is 0 Å². The minimum absolute atomic E-state index is 0.291. The van der Waals surface area contributed by atoms with E-state index in [2.05, 4.69) is 24.2 Å². The van der Waals surface area contributed by atoms with Crippen molar-refractivity contribution >= 4 is 11.3 Å². The molecule has 0 aliphatic heterocycles. The molecule has 2 rings (SSSR count). The summed E-state index contributed by atoms with van der Waals surface area (Å²) in [7, 11) is 0. The topological polar surface area (TPSA) is 33.1 Å². The predicted molar refractivity (Wildman–Crippen MR) is 63.1 cm³/mol. The van der Waals surface area contributed by atoms with E-state index in [0.717, 1.165) is 36.4 Å². The first-order valence-corrected chi connectivity index (χ1v) is 6.40. The Labute approximate surface area is 95.4 Å². The van der Waals surface area contributed by atoms with E-state index in [1.165, 1.54) is 0 Å². The highest BCUT2D eigenvalue weighted by molar-refractivity contribution is 7.09. The van der Waals surface area contributed by atoms with Gasteiger partial charge in [-0.15, -0.1) is 11.3 Å². The normalized spacial score (nSPS) is 29.6. The number of nitrogens with zero attached hydrogens (tertiary/aromatic N) is 1. The molecular formula is C12H19NOS. The van der Waals surface area contributed by atoms with Crippen molar-refractivity contribution in [3.63, 3.8) is 0 Å². The van der Waals surface area contributed by atoms with E-state index in [1.807, 2.05) is 6.92 Å². The molecular weight excluding hydrogens is 206 g/mol. The molecule has 1 saturated carbocycles. The highest BCUT2D eigenvalue weighted by Gasteiger charge is 2.41. The Bertz CT molecular complexity index is 358. The van der Waals surface area contributed by atoms with Crippen LogP contribution in [0.2, 0.25) is 0 Å². The van der Waals surface area contributed by atoms with Crippen LogP contribution in [0, 0.1) is 12.3 Å². The van der Waals surface area contributed by atoms with E-state index in [1.54, 1.807) is 11.3 Å². The summed E-state index contributed by atoms with van der Waals surface area (Å²) in [5.41, 5.74) is 0.835. The molecule has 1 aromatic rings. The smallest absolute Gasteiger partial charge is 0.0897 e. The first-order chi connectivity index (χ1) is 6.89. The first-order valence-electron chi connectivity index (χ1n) is 5.52. The van der Waals surface area contributed by atoms with Crippen LogP contribution in [0.1, 0.15) is 43.8 Å². The maximum Gasteiger partial charge on any atom is 0.0897 e. The third kappa shape index (κ3) is 2.58. The summed E-state index contributed by atoms with van der Waals surface area (Å²) in [5, 5.41) is 13.6. The monoisotopic (exact) mass is 225 g/mol. The average Bonchev–Trinajstić information content (AvgIpc) is 2.57. The molecule has 0 bridgehead atoms. The lowest BCUT2D eigenvalue weighted by molar-refractivity contribution is 0.0371. The lowest BCUT2D eigenvalue weighted by Gasteiger charge is -2.24. The summed E-state index contributed by atoms with van der Waals surface area (Å²) in [6.07, 6.45) is 3.65. The van der Waals surface area contributed by atoms with E-state index >= 15 is 0 Å². The molecule has 3 heteroatoms. The van der Waals surface area contributed by atoms with Crippen molar-refractivity contribution in [2.24, 2.45) is 5.41 Å². The van der Waals surface area contributed by atoms with E-state index in [9.17, 15) is 5.11 Å². The fraction of sp³-hybridized carbons (Fsp3) is 0.750. The van der Waals surface area contributed by atoms with Gasteiger partial charge in [0.25, 0.3) is 0 Å². The van der Waals surface area contributed by atoms with Crippen LogP contribution in [0.25, 0.3) is 0 Å². The molecule has 1 N–H and O–H groups in total. The number of aliphatic hydroxyl groups is 1. The van der Waals surface area contributed by atoms with Crippen LogP contribution >= 0.6 is 11.3 Å². The van der Waals surface area contributed by atoms with Gasteiger partial charge in [-0.25, -0.2) is 4.98 Å². The molecule has 1 aromatic heterocycles. The molecule has 1 aliphatic carbocycles. The number of hydrogen-bond donors (Lipinski definition) is 1. The van der Waals surface area contributed by atoms with Gasteiger partial charge in [-0.1, -0.05) is 13.8 Å². The van der Waals surface area contributed by atoms with Crippen molar-refractivity contribution in [3.05, 3.63) is 16.1 Å². The molecule has 1 fully saturated rings. The van der Waals surface area contributed by atoms with Gasteiger partial charge in [0, 0.05) is 11.8 Å². The van der Waals surface area contributed by atoms with Gasteiger partial charge in [0.1, 0.15) is 0 Å². The van der Waals surface area contributed by atoms with Crippen molar-refractivity contribution in [1.82, 2.24) is 4.98 Å². The molecule has 1 unspecified atom stereocenters. The Hall–Kier alpha value is -0.410. The SMILES string of the molecule is Cc1nc(CC2(O)CCC(C)(C)C2)cs1. The minimum Gasteiger partial charge on any atom is -0.389 e. The Morgan fingerprint density at radius 3 is 2.67 bits per heavy atom. The second-order valence-electron chi connectivity index (χ2n) is 5.60. The molecule has 0 saturated heterocycles. The fourth-order valence-electron chi connectivity index (χ4n) is 2.62. The van der Waals surface area contributed by atoms with Crippen LogP contribution in [0.5, 0.6) is 0 Å². The minimum atomic E-state index is -0.510. The molecule has 0 aromatic carbocycles. The Morgan fingerprint density at radius 1 is 1.47 bits per heavy atom. The zero-order valence-electron chi connectivity index (χ0n) is 9.71. The summed E-state index contributed by atoms with van der Waals surface area (Å²) in [6.45, 7) is 6.48. The van der Waals surface area contributed by atoms with E-state index in [0.29, 0.717) is 5.41 Å². The maximum absolute atomic E-state index is 10.5. The van der Waals surface area contributed by atoms with Gasteiger partial charge in [0.15, 0.2) is 0 Å². The summed E-state index contributed by atoms with van der Waals surface area (Å²) >= 11 is 1.66. The highest BCUT2D eigenvalue weighted by Crippen LogP contribution is 2.44. The molecule has 1 atom stereocenters. The van der Waals surface area contributed by atoms with Crippen LogP contribution in [0.4, 0.5) is 0 Å². The average molecular weight is 225 g/mol. The Kier molecular flexibility index (Phi) is 2.63. The quantitative estimate of drug-likeness (QED) is 0.839. The molecule has 1 aliphatic rings. The number of aromatic nitrogens is 1. The molecule has 2 nitrogen and oxygen atoms in total. The van der Waals surface area contributed by atoms with Gasteiger partial charge in [0.05, 0.1) is 16.3 Å². The Morgan fingerprint density at radius 2 is 2.20 bits per heavy atom. The van der Waals surface area contributed by atoms with Gasteiger partial charge in [-0.3, -0.25) is 0 Å². The highest BCUT2D eigenvalue weighted by atomic mass is 32.1. The van der Waals surface area contributed by atoms with Crippen LogP contribution in [0.3, 0.4) is 0 Å². The van der Waals surface area contributed by atoms with Gasteiger partial charge in [-0.05, 0) is 31.6 Å². The second-order valence-corrected chi connectivity index (χ2v) is 6.66. The van der Waals surface area contributed by atoms with Crippen molar-refractivity contribution in [2.75, 3.05) is 0 Å². The van der Waals surface area contributed by atoms with Crippen LogP contribution in [-0.2, 0) is 6.42 Å². The largest absolute Gasteiger partial charge is 0.389 e. The molecule has 15 heavy (non-hydrogen) atoms. The lowest BCUT2D eigenvalue weighted by Crippen LogP contribution is -2.29. The zero-order valence-corrected chi connectivity index (χ0v) is 10.5. The van der Waals surface area contributed by atoms with E-state index in [4.69, 9.17) is 0 Å². The summed E-state index contributed by atoms with van der Waals surface area (Å²) < 4.78 is 0. The molecule has 0 spiro atoms. The Balaban J connectivity index is 2.06. The third-order valence-electron chi connectivity index (χ3n) is 3.25. The first kappa shape index (κ1) is 11.1. The lowest BCUT2D eigenvalue weighted by atomic mass is 9.87. The number of rotatable bonds is 2. The van der Waals surface area contributed by atoms with Crippen LogP contribution in [-0.4, -0.2) is 15.7 Å². The number of thiazole rings is 1. The van der Waals surface area contributed by atoms with Crippen molar-refractivity contribution in [2.45, 2.75) is 52.1 Å². The van der Waals surface area contributed by atoms with Crippen LogP contribution < -0.4 is 0 Å². The standard InChI is InChI=1S/C12H19NOS/c1-9-13-10(7-15-9)6-12(14)5-4-11(2,3)8-12/h7,14H,4-6,8H2,1-3H3. The summed E-state index contributed by atoms with van der Waals surface area (Å²) in [5.74, 6) is 0. The van der Waals surface area contributed by atoms with Gasteiger partial charge >= 0.3 is 0 Å². The van der Waals surface area contributed by atoms with E-state index < -0.39 is 5.60 Å². The van der Waals surface area contributed by atoms with Gasteiger partial charge in [-0.2, -0.15) is 0 Å². The predicted octanol–water partition coefficient (Wildman–Crippen LogP) is 2.94. The zero-order chi connectivity index (χ0) is 11.1. The van der Waals surface area contributed by atoms with E-state index in [-0.39, 0.29) is 0 Å². The number of aryl methyl sites for hydroxylation is 1. The molecule has 0 amide bonds. The van der Waals surface area contributed by atoms with Crippen molar-refractivity contribution in [1.29, 1.82) is 0 Å². The fourth-order valence-corrected chi connectivity index (χ4v) is 3.23. The van der Waals surface area contributed by atoms with Gasteiger partial charge < -0.3 is 5.11 Å². The third-order valence-corrected chi connectivity index (χ3v) is 4.07. The summed E-state index contributed by atoms with van der Waals surface area (Å²) in [4.78, 5) is 4.43. The van der Waals surface area contributed by atoms with Gasteiger partial charge in [0.2, 0.25) is 0 Å². The second kappa shape index (κ2) is 3.56. The van der Waals surface area contributed by atoms with Crippen LogP contribution in [0.15, 0.2) is 5.38 Å². The molecule has 84 valence electrons. The summed E-state index contributed by atoms with van der Waals surface area (Å²) in [6, 6.07) is 0. The van der Waals surface area contributed by atoms with Crippen molar-refractivity contribution < 1.29 is 5.11 Å². The molecule has 1 heterocycles. The number of hydrogen-bond acceptors (Lipinski definition) is 3.